The molecule has 0 aromatic carbocycles. The average molecular weight is 373 g/mol. The molecule has 0 unspecified atom stereocenters. The lowest BCUT2D eigenvalue weighted by Gasteiger charge is -2.20. The molecule has 0 aliphatic carbocycles. The third-order valence-electron chi connectivity index (χ3n) is 4.97. The van der Waals surface area contributed by atoms with E-state index < -0.39 is 31.0 Å². The van der Waals surface area contributed by atoms with E-state index in [1.807, 2.05) is 0 Å². The Hall–Kier alpha value is -0.460. The highest BCUT2D eigenvalue weighted by Gasteiger charge is 2.40. The van der Waals surface area contributed by atoms with Crippen LogP contribution < -0.4 is 0 Å². The topological polar surface area (TPSA) is 79.2 Å². The van der Waals surface area contributed by atoms with Crippen molar-refractivity contribution in [1.29, 1.82) is 0 Å². The lowest BCUT2D eigenvalue weighted by molar-refractivity contribution is -0.0730. The molecule has 154 valence electrons. The summed E-state index contributed by atoms with van der Waals surface area (Å²) in [7, 11) is 0. The van der Waals surface area contributed by atoms with Gasteiger partial charge in [-0.15, -0.1) is 0 Å². The number of allylic oxidation sites excluding steroid dienone is 2. The first-order chi connectivity index (χ1) is 12.7. The summed E-state index contributed by atoms with van der Waals surface area (Å²) in [5.41, 5.74) is 0. The van der Waals surface area contributed by atoms with Gasteiger partial charge in [-0.05, 0) is 25.7 Å². The average Bonchev–Trinajstić information content (AvgIpc) is 3.02. The first-order valence-electron chi connectivity index (χ1n) is 10.6. The van der Waals surface area contributed by atoms with Crippen LogP contribution >= 0.6 is 0 Å². The van der Waals surface area contributed by atoms with Gasteiger partial charge in [0.1, 0.15) is 24.4 Å². The molecule has 26 heavy (non-hydrogen) atoms. The molecule has 5 nitrogen and oxygen atoms in total. The zero-order chi connectivity index (χ0) is 19.0. The van der Waals surface area contributed by atoms with E-state index in [4.69, 9.17) is 14.6 Å². The first kappa shape index (κ1) is 23.6. The Morgan fingerprint density at radius 3 is 2.27 bits per heavy atom. The quantitative estimate of drug-likeness (QED) is 0.286. The number of aliphatic hydroxyl groups is 3. The monoisotopic (exact) mass is 372 g/mol. The van der Waals surface area contributed by atoms with Gasteiger partial charge in [-0.25, -0.2) is 0 Å². The zero-order valence-electron chi connectivity index (χ0n) is 16.5. The molecule has 0 bridgehead atoms. The lowest BCUT2D eigenvalue weighted by Crippen LogP contribution is -2.41. The molecule has 0 spiro atoms. The van der Waals surface area contributed by atoms with Crippen LogP contribution in [0.15, 0.2) is 12.2 Å². The summed E-state index contributed by atoms with van der Waals surface area (Å²) >= 11 is 0. The largest absolute Gasteiger partial charge is 0.394 e. The summed E-state index contributed by atoms with van der Waals surface area (Å²) in [5.74, 6) is 0. The molecule has 5 heteroatoms. The maximum absolute atomic E-state index is 10.0. The number of aliphatic hydroxyl groups excluding tert-OH is 3. The van der Waals surface area contributed by atoms with Crippen molar-refractivity contribution in [2.75, 3.05) is 19.8 Å². The van der Waals surface area contributed by atoms with Gasteiger partial charge in [-0.3, -0.25) is 0 Å². The SMILES string of the molecule is CCCC/C=C/CCCCCCCCCO[C@@H]1CO[C@H]([C@@H](O)CO)[C@@H]1O. The van der Waals surface area contributed by atoms with Gasteiger partial charge in [-0.1, -0.05) is 64.0 Å². The van der Waals surface area contributed by atoms with Gasteiger partial charge in [0.05, 0.1) is 13.2 Å². The van der Waals surface area contributed by atoms with E-state index in [0.717, 1.165) is 12.8 Å². The highest BCUT2D eigenvalue weighted by Crippen LogP contribution is 2.20. The first-order valence-corrected chi connectivity index (χ1v) is 10.6. The van der Waals surface area contributed by atoms with E-state index in [1.165, 1.54) is 57.8 Å². The van der Waals surface area contributed by atoms with Gasteiger partial charge in [0.2, 0.25) is 0 Å². The van der Waals surface area contributed by atoms with Crippen LogP contribution in [0.1, 0.15) is 77.6 Å². The van der Waals surface area contributed by atoms with Crippen LogP contribution in [-0.2, 0) is 9.47 Å². The van der Waals surface area contributed by atoms with Crippen LogP contribution in [-0.4, -0.2) is 59.6 Å². The molecule has 1 saturated heterocycles. The minimum atomic E-state index is -1.05. The van der Waals surface area contributed by atoms with Gasteiger partial charge < -0.3 is 24.8 Å². The molecule has 0 saturated carbocycles. The normalized spacial score (nSPS) is 24.5. The second-order valence-electron chi connectivity index (χ2n) is 7.32. The third kappa shape index (κ3) is 10.0. The third-order valence-corrected chi connectivity index (χ3v) is 4.97. The van der Waals surface area contributed by atoms with Crippen LogP contribution in [0.5, 0.6) is 0 Å². The number of ether oxygens (including phenoxy) is 2. The van der Waals surface area contributed by atoms with Crippen molar-refractivity contribution in [3.05, 3.63) is 12.2 Å². The van der Waals surface area contributed by atoms with E-state index in [0.29, 0.717) is 6.61 Å². The van der Waals surface area contributed by atoms with Gasteiger partial charge in [0.25, 0.3) is 0 Å². The second-order valence-corrected chi connectivity index (χ2v) is 7.32. The highest BCUT2D eigenvalue weighted by atomic mass is 16.6. The molecule has 1 aliphatic rings. The number of unbranched alkanes of at least 4 members (excludes halogenated alkanes) is 9. The molecule has 1 heterocycles. The van der Waals surface area contributed by atoms with Crippen molar-refractivity contribution in [3.8, 4) is 0 Å². The summed E-state index contributed by atoms with van der Waals surface area (Å²) in [6.45, 7) is 2.70. The predicted octanol–water partition coefficient (Wildman–Crippen LogP) is 3.35. The molecule has 0 aromatic heterocycles. The molecule has 0 amide bonds. The van der Waals surface area contributed by atoms with Gasteiger partial charge in [-0.2, -0.15) is 0 Å². The van der Waals surface area contributed by atoms with E-state index in [1.54, 1.807) is 0 Å². The van der Waals surface area contributed by atoms with E-state index in [9.17, 15) is 10.2 Å². The van der Waals surface area contributed by atoms with E-state index in [-0.39, 0.29) is 6.61 Å². The van der Waals surface area contributed by atoms with Crippen LogP contribution in [0, 0.1) is 0 Å². The Morgan fingerprint density at radius 2 is 1.62 bits per heavy atom. The Labute approximate surface area is 159 Å². The Kier molecular flexibility index (Phi) is 14.1. The number of hydrogen-bond acceptors (Lipinski definition) is 5. The maximum atomic E-state index is 10.0. The minimum absolute atomic E-state index is 0.274. The maximum Gasteiger partial charge on any atom is 0.114 e. The molecule has 3 N–H and O–H groups in total. The standard InChI is InChI=1S/C21H40O5/c1-2-3-4-5-6-7-8-9-10-11-12-13-14-15-25-19-17-26-21(20(19)24)18(23)16-22/h5-6,18-24H,2-4,7-17H2,1H3/b6-5+/t18-,19+,20+,21+/m0/s1. The Morgan fingerprint density at radius 1 is 1.00 bits per heavy atom. The van der Waals surface area contributed by atoms with Gasteiger partial charge in [0, 0.05) is 6.61 Å². The summed E-state index contributed by atoms with van der Waals surface area (Å²) in [4.78, 5) is 0. The van der Waals surface area contributed by atoms with Crippen molar-refractivity contribution in [1.82, 2.24) is 0 Å². The second kappa shape index (κ2) is 15.6. The van der Waals surface area contributed by atoms with Crippen molar-refractivity contribution >= 4 is 0 Å². The highest BCUT2D eigenvalue weighted by molar-refractivity contribution is 4.88. The fourth-order valence-electron chi connectivity index (χ4n) is 3.24. The van der Waals surface area contributed by atoms with Gasteiger partial charge in [0.15, 0.2) is 0 Å². The summed E-state index contributed by atoms with van der Waals surface area (Å²) < 4.78 is 11.0. The fourth-order valence-corrected chi connectivity index (χ4v) is 3.24. The van der Waals surface area contributed by atoms with Crippen LogP contribution in [0.4, 0.5) is 0 Å². The molecule has 0 radical (unpaired) electrons. The van der Waals surface area contributed by atoms with Crippen LogP contribution in [0.25, 0.3) is 0 Å². The van der Waals surface area contributed by atoms with Crippen molar-refractivity contribution in [2.45, 2.75) is 102 Å². The molecular weight excluding hydrogens is 332 g/mol. The summed E-state index contributed by atoms with van der Waals surface area (Å²) in [5, 5.41) is 28.5. The van der Waals surface area contributed by atoms with Crippen LogP contribution in [0.2, 0.25) is 0 Å². The molecule has 4 atom stereocenters. The predicted molar refractivity (Wildman–Crippen MR) is 104 cm³/mol. The zero-order valence-corrected chi connectivity index (χ0v) is 16.5. The molecule has 1 fully saturated rings. The molecule has 1 rings (SSSR count). The molecule has 1 aliphatic heterocycles. The Bertz CT molecular complexity index is 347. The summed E-state index contributed by atoms with van der Waals surface area (Å²) in [6.07, 6.45) is 15.2. The number of hydrogen-bond donors (Lipinski definition) is 3. The molecular formula is C21H40O5. The fraction of sp³-hybridized carbons (Fsp3) is 0.905. The van der Waals surface area contributed by atoms with Crippen molar-refractivity contribution in [3.63, 3.8) is 0 Å². The van der Waals surface area contributed by atoms with Crippen molar-refractivity contribution in [2.24, 2.45) is 0 Å². The van der Waals surface area contributed by atoms with E-state index in [2.05, 4.69) is 19.1 Å². The smallest absolute Gasteiger partial charge is 0.114 e. The van der Waals surface area contributed by atoms with Crippen molar-refractivity contribution < 1.29 is 24.8 Å². The molecule has 0 aromatic rings. The van der Waals surface area contributed by atoms with Gasteiger partial charge >= 0.3 is 0 Å². The van der Waals surface area contributed by atoms with E-state index >= 15 is 0 Å². The summed E-state index contributed by atoms with van der Waals surface area (Å²) in [6, 6.07) is 0. The van der Waals surface area contributed by atoms with Crippen LogP contribution in [0.3, 0.4) is 0 Å². The lowest BCUT2D eigenvalue weighted by atomic mass is 10.1. The number of rotatable bonds is 16. The minimum Gasteiger partial charge on any atom is -0.394 e. The Balaban J connectivity index is 1.87.